The molecule has 0 aliphatic rings. The quantitative estimate of drug-likeness (QED) is 0.634. The monoisotopic (exact) mass is 378 g/mol. The van der Waals surface area contributed by atoms with Gasteiger partial charge in [-0.15, -0.1) is 11.6 Å². The zero-order valence-corrected chi connectivity index (χ0v) is 14.8. The van der Waals surface area contributed by atoms with Gasteiger partial charge in [0.25, 0.3) is 0 Å². The molecular formula is C14H17BrClFN2S. The minimum absolute atomic E-state index is 0.207. The van der Waals surface area contributed by atoms with Crippen molar-refractivity contribution in [2.45, 2.75) is 31.7 Å². The second-order valence-corrected chi connectivity index (χ2v) is 7.34. The summed E-state index contributed by atoms with van der Waals surface area (Å²) in [5.74, 6) is 1.58. The lowest BCUT2D eigenvalue weighted by molar-refractivity contribution is 0.524. The lowest BCUT2D eigenvalue weighted by Crippen LogP contribution is -2.11. The highest BCUT2D eigenvalue weighted by atomic mass is 79.9. The molecule has 0 aliphatic carbocycles. The molecule has 2 nitrogen and oxygen atoms in total. The third-order valence-corrected chi connectivity index (χ3v) is 4.74. The van der Waals surface area contributed by atoms with Gasteiger partial charge in [-0.05, 0) is 54.3 Å². The summed E-state index contributed by atoms with van der Waals surface area (Å²) >= 11 is 11.3. The second kappa shape index (κ2) is 6.67. The average molecular weight is 380 g/mol. The number of thioether (sulfide) groups is 1. The molecule has 0 N–H and O–H groups in total. The Morgan fingerprint density at radius 1 is 1.45 bits per heavy atom. The molecule has 0 saturated carbocycles. The standard InChI is InChI=1S/C14H17BrClFN2S/c1-8(4-5-20-3)19-13-7-11(17)10(15)6-12(13)18-14(19)9(2)16/h6-9H,4-5H2,1-3H3. The van der Waals surface area contributed by atoms with Gasteiger partial charge in [-0.25, -0.2) is 9.37 Å². The molecule has 2 atom stereocenters. The van der Waals surface area contributed by atoms with E-state index in [2.05, 4.69) is 38.7 Å². The maximum atomic E-state index is 13.8. The first-order valence-electron chi connectivity index (χ1n) is 6.45. The van der Waals surface area contributed by atoms with Crippen LogP contribution < -0.4 is 0 Å². The van der Waals surface area contributed by atoms with Crippen LogP contribution in [0.2, 0.25) is 0 Å². The molecule has 0 radical (unpaired) electrons. The molecule has 2 aromatic rings. The predicted octanol–water partition coefficient (Wildman–Crippen LogP) is 5.55. The third kappa shape index (κ3) is 3.15. The van der Waals surface area contributed by atoms with Crippen LogP contribution in [0.5, 0.6) is 0 Å². The van der Waals surface area contributed by atoms with Crippen LogP contribution in [-0.4, -0.2) is 21.6 Å². The number of benzene rings is 1. The van der Waals surface area contributed by atoms with Crippen LogP contribution >= 0.6 is 39.3 Å². The minimum Gasteiger partial charge on any atom is -0.324 e. The molecule has 1 heterocycles. The number of alkyl halides is 1. The molecule has 6 heteroatoms. The summed E-state index contributed by atoms with van der Waals surface area (Å²) in [6, 6.07) is 3.49. The van der Waals surface area contributed by atoms with E-state index in [0.717, 1.165) is 29.0 Å². The first-order chi connectivity index (χ1) is 9.45. The van der Waals surface area contributed by atoms with E-state index in [1.54, 1.807) is 17.8 Å². The van der Waals surface area contributed by atoms with E-state index in [1.165, 1.54) is 6.07 Å². The van der Waals surface area contributed by atoms with Gasteiger partial charge in [0.05, 0.1) is 20.9 Å². The van der Waals surface area contributed by atoms with Gasteiger partial charge in [0.2, 0.25) is 0 Å². The van der Waals surface area contributed by atoms with Crippen LogP contribution in [-0.2, 0) is 0 Å². The van der Waals surface area contributed by atoms with E-state index in [0.29, 0.717) is 4.47 Å². The van der Waals surface area contributed by atoms with Crippen molar-refractivity contribution in [2.75, 3.05) is 12.0 Å². The van der Waals surface area contributed by atoms with Gasteiger partial charge in [0.1, 0.15) is 11.6 Å². The van der Waals surface area contributed by atoms with Crippen LogP contribution in [0, 0.1) is 5.82 Å². The summed E-state index contributed by atoms with van der Waals surface area (Å²) in [6.45, 7) is 4.02. The fraction of sp³-hybridized carbons (Fsp3) is 0.500. The van der Waals surface area contributed by atoms with Crippen LogP contribution in [0.15, 0.2) is 16.6 Å². The summed E-state index contributed by atoms with van der Waals surface area (Å²) in [5.41, 5.74) is 1.58. The lowest BCUT2D eigenvalue weighted by Gasteiger charge is -2.18. The van der Waals surface area contributed by atoms with Crippen molar-refractivity contribution in [3.05, 3.63) is 28.2 Å². The number of aromatic nitrogens is 2. The molecule has 20 heavy (non-hydrogen) atoms. The Morgan fingerprint density at radius 2 is 2.15 bits per heavy atom. The van der Waals surface area contributed by atoms with E-state index in [-0.39, 0.29) is 17.2 Å². The minimum atomic E-state index is -0.274. The summed E-state index contributed by atoms with van der Waals surface area (Å²) in [7, 11) is 0. The molecule has 2 rings (SSSR count). The Hall–Kier alpha value is -0.260. The SMILES string of the molecule is CSCCC(C)n1c(C(C)Cl)nc2cc(Br)c(F)cc21. The van der Waals surface area contributed by atoms with E-state index >= 15 is 0 Å². The molecule has 0 bridgehead atoms. The fourth-order valence-electron chi connectivity index (χ4n) is 2.27. The number of rotatable bonds is 5. The number of imidazole rings is 1. The van der Waals surface area contributed by atoms with Gasteiger partial charge in [0.15, 0.2) is 0 Å². The number of nitrogens with zero attached hydrogens (tertiary/aromatic N) is 2. The van der Waals surface area contributed by atoms with Crippen LogP contribution in [0.4, 0.5) is 4.39 Å². The maximum Gasteiger partial charge on any atom is 0.139 e. The van der Waals surface area contributed by atoms with Crippen molar-refractivity contribution in [1.29, 1.82) is 0 Å². The van der Waals surface area contributed by atoms with E-state index in [1.807, 2.05) is 6.92 Å². The van der Waals surface area contributed by atoms with E-state index in [9.17, 15) is 4.39 Å². The van der Waals surface area contributed by atoms with Gasteiger partial charge in [-0.3, -0.25) is 0 Å². The molecule has 0 saturated heterocycles. The summed E-state index contributed by atoms with van der Waals surface area (Å²) in [6.07, 6.45) is 3.08. The molecule has 0 aliphatic heterocycles. The van der Waals surface area contributed by atoms with Gasteiger partial charge >= 0.3 is 0 Å². The molecular weight excluding hydrogens is 363 g/mol. The van der Waals surface area contributed by atoms with Crippen LogP contribution in [0.3, 0.4) is 0 Å². The zero-order chi connectivity index (χ0) is 14.9. The van der Waals surface area contributed by atoms with Crippen molar-refractivity contribution in [3.8, 4) is 0 Å². The number of hydrogen-bond donors (Lipinski definition) is 0. The molecule has 0 fully saturated rings. The van der Waals surface area contributed by atoms with Crippen LogP contribution in [0.25, 0.3) is 11.0 Å². The Bertz CT molecular complexity index is 615. The normalized spacial score (nSPS) is 14.7. The highest BCUT2D eigenvalue weighted by Crippen LogP contribution is 2.32. The number of fused-ring (bicyclic) bond motifs is 1. The van der Waals surface area contributed by atoms with Gasteiger partial charge in [-0.2, -0.15) is 11.8 Å². The Balaban J connectivity index is 2.58. The molecule has 0 amide bonds. The molecule has 2 unspecified atom stereocenters. The second-order valence-electron chi connectivity index (χ2n) is 4.84. The molecule has 110 valence electrons. The zero-order valence-electron chi connectivity index (χ0n) is 11.7. The Labute approximate surface area is 136 Å². The van der Waals surface area contributed by atoms with Crippen molar-refractivity contribution in [3.63, 3.8) is 0 Å². The highest BCUT2D eigenvalue weighted by molar-refractivity contribution is 9.10. The van der Waals surface area contributed by atoms with E-state index in [4.69, 9.17) is 11.6 Å². The van der Waals surface area contributed by atoms with Gasteiger partial charge in [-0.1, -0.05) is 0 Å². The van der Waals surface area contributed by atoms with Crippen molar-refractivity contribution >= 4 is 50.3 Å². The van der Waals surface area contributed by atoms with E-state index < -0.39 is 0 Å². The molecule has 0 spiro atoms. The summed E-state index contributed by atoms with van der Waals surface area (Å²) in [5, 5.41) is -0.207. The maximum absolute atomic E-state index is 13.8. The topological polar surface area (TPSA) is 17.8 Å². The smallest absolute Gasteiger partial charge is 0.139 e. The highest BCUT2D eigenvalue weighted by Gasteiger charge is 2.20. The Kier molecular flexibility index (Phi) is 5.37. The van der Waals surface area contributed by atoms with Gasteiger partial charge < -0.3 is 4.57 Å². The third-order valence-electron chi connectivity index (χ3n) is 3.30. The summed E-state index contributed by atoms with van der Waals surface area (Å²) < 4.78 is 16.3. The number of halogens is 3. The van der Waals surface area contributed by atoms with Gasteiger partial charge in [0, 0.05) is 12.1 Å². The number of hydrogen-bond acceptors (Lipinski definition) is 2. The Morgan fingerprint density at radius 3 is 2.75 bits per heavy atom. The fourth-order valence-corrected chi connectivity index (χ4v) is 3.33. The van der Waals surface area contributed by atoms with Crippen LogP contribution in [0.1, 0.15) is 37.5 Å². The van der Waals surface area contributed by atoms with Crippen molar-refractivity contribution in [2.24, 2.45) is 0 Å². The first-order valence-corrected chi connectivity index (χ1v) is 9.08. The lowest BCUT2D eigenvalue weighted by atomic mass is 10.2. The molecule has 1 aromatic heterocycles. The summed E-state index contributed by atoms with van der Waals surface area (Å²) in [4.78, 5) is 4.57. The van der Waals surface area contributed by atoms with Crippen molar-refractivity contribution < 1.29 is 4.39 Å². The molecule has 1 aromatic carbocycles. The predicted molar refractivity (Wildman–Crippen MR) is 89.4 cm³/mol. The van der Waals surface area contributed by atoms with Crippen molar-refractivity contribution in [1.82, 2.24) is 9.55 Å². The average Bonchev–Trinajstić information content (AvgIpc) is 2.75. The largest absolute Gasteiger partial charge is 0.324 e. The first kappa shape index (κ1) is 16.1.